The van der Waals surface area contributed by atoms with Gasteiger partial charge in [0.1, 0.15) is 11.6 Å². The van der Waals surface area contributed by atoms with E-state index in [1.54, 1.807) is 16.8 Å². The van der Waals surface area contributed by atoms with E-state index in [-0.39, 0.29) is 5.82 Å². The highest BCUT2D eigenvalue weighted by molar-refractivity contribution is 5.43. The molecule has 0 saturated heterocycles. The van der Waals surface area contributed by atoms with Crippen molar-refractivity contribution in [1.82, 2.24) is 14.7 Å². The van der Waals surface area contributed by atoms with Crippen LogP contribution in [0.2, 0.25) is 0 Å². The lowest BCUT2D eigenvalue weighted by molar-refractivity contribution is 0.0991. The number of aliphatic hydroxyl groups excluding tert-OH is 1. The molecule has 0 unspecified atom stereocenters. The van der Waals surface area contributed by atoms with E-state index < -0.39 is 6.10 Å². The maximum absolute atomic E-state index is 13.9. The Bertz CT molecular complexity index is 1060. The van der Waals surface area contributed by atoms with Crippen LogP contribution >= 0.6 is 0 Å². The van der Waals surface area contributed by atoms with E-state index >= 15 is 0 Å². The number of nitrogens with zero attached hydrogens (tertiary/aromatic N) is 3. The van der Waals surface area contributed by atoms with Crippen LogP contribution in [0.1, 0.15) is 36.9 Å². The van der Waals surface area contributed by atoms with Gasteiger partial charge in [-0.3, -0.25) is 4.90 Å². The second-order valence-electron chi connectivity index (χ2n) is 8.83. The topological polar surface area (TPSA) is 50.5 Å². The summed E-state index contributed by atoms with van der Waals surface area (Å²) in [5.41, 5.74) is 2.67. The number of ether oxygens (including phenoxy) is 1. The lowest BCUT2D eigenvalue weighted by Gasteiger charge is -2.25. The van der Waals surface area contributed by atoms with Gasteiger partial charge in [0.05, 0.1) is 23.0 Å². The molecule has 3 aromatic rings. The number of aryl methyl sites for hydroxylation is 1. The van der Waals surface area contributed by atoms with Crippen molar-refractivity contribution in [3.8, 4) is 17.3 Å². The molecule has 6 heteroatoms. The molecule has 0 radical (unpaired) electrons. The van der Waals surface area contributed by atoms with Crippen LogP contribution in [0.25, 0.3) is 5.69 Å². The van der Waals surface area contributed by atoms with E-state index in [1.165, 1.54) is 25.0 Å². The Hall–Kier alpha value is -2.96. The molecule has 1 saturated carbocycles. The molecule has 5 nitrogen and oxygen atoms in total. The molecule has 0 aliphatic heterocycles. The van der Waals surface area contributed by atoms with Gasteiger partial charge in [-0.05, 0) is 62.8 Å². The minimum absolute atomic E-state index is 0.350. The van der Waals surface area contributed by atoms with Crippen LogP contribution in [0.4, 0.5) is 4.39 Å². The van der Waals surface area contributed by atoms with E-state index in [9.17, 15) is 9.50 Å². The van der Waals surface area contributed by atoms with Gasteiger partial charge in [-0.25, -0.2) is 9.07 Å². The van der Waals surface area contributed by atoms with Gasteiger partial charge >= 0.3 is 0 Å². The van der Waals surface area contributed by atoms with Crippen LogP contribution in [0, 0.1) is 18.7 Å². The first kappa shape index (κ1) is 23.2. The highest BCUT2D eigenvalue weighted by atomic mass is 19.1. The van der Waals surface area contributed by atoms with Gasteiger partial charge in [0.25, 0.3) is 0 Å². The van der Waals surface area contributed by atoms with E-state index in [4.69, 9.17) is 9.84 Å². The molecule has 0 amide bonds. The predicted octanol–water partition coefficient (Wildman–Crippen LogP) is 5.65. The number of aromatic nitrogens is 2. The number of benzene rings is 2. The molecule has 2 aromatic carbocycles. The fourth-order valence-electron chi connectivity index (χ4n) is 4.00. The third-order valence-electron chi connectivity index (χ3n) is 5.92. The Balaban J connectivity index is 1.66. The molecule has 1 heterocycles. The summed E-state index contributed by atoms with van der Waals surface area (Å²) in [6.07, 6.45) is 5.37. The van der Waals surface area contributed by atoms with E-state index in [0.717, 1.165) is 29.9 Å². The molecule has 1 aromatic heterocycles. The Morgan fingerprint density at radius 2 is 2.03 bits per heavy atom. The van der Waals surface area contributed by atoms with Gasteiger partial charge in [-0.2, -0.15) is 5.10 Å². The minimum Gasteiger partial charge on any atom is -0.438 e. The smallest absolute Gasteiger partial charge is 0.227 e. The molecule has 1 aliphatic carbocycles. The Morgan fingerprint density at radius 3 is 2.73 bits per heavy atom. The van der Waals surface area contributed by atoms with Gasteiger partial charge in [0, 0.05) is 25.7 Å². The molecule has 4 rings (SSSR count). The van der Waals surface area contributed by atoms with Crippen LogP contribution in [-0.2, 0) is 6.54 Å². The monoisotopic (exact) mass is 449 g/mol. The quantitative estimate of drug-likeness (QED) is 0.363. The normalized spacial score (nSPS) is 14.4. The molecule has 0 spiro atoms. The van der Waals surface area contributed by atoms with Crippen LogP contribution < -0.4 is 4.74 Å². The van der Waals surface area contributed by atoms with Crippen molar-refractivity contribution in [2.75, 3.05) is 13.1 Å². The maximum Gasteiger partial charge on any atom is 0.227 e. The number of hydrogen-bond donors (Lipinski definition) is 1. The molecule has 0 bridgehead atoms. The van der Waals surface area contributed by atoms with E-state index in [1.807, 2.05) is 43.3 Å². The van der Waals surface area contributed by atoms with Crippen molar-refractivity contribution in [3.63, 3.8) is 0 Å². The summed E-state index contributed by atoms with van der Waals surface area (Å²) in [7, 11) is 0. The Morgan fingerprint density at radius 1 is 1.24 bits per heavy atom. The lowest BCUT2D eigenvalue weighted by Crippen LogP contribution is -2.34. The molecule has 33 heavy (non-hydrogen) atoms. The third-order valence-corrected chi connectivity index (χ3v) is 5.92. The summed E-state index contributed by atoms with van der Waals surface area (Å²) in [5, 5.41) is 15.3. The maximum atomic E-state index is 13.9. The average molecular weight is 450 g/mol. The summed E-state index contributed by atoms with van der Waals surface area (Å²) in [6.45, 7) is 7.84. The molecular weight excluding hydrogens is 417 g/mol. The minimum atomic E-state index is -0.418. The Kier molecular flexibility index (Phi) is 7.57. The van der Waals surface area contributed by atoms with Crippen LogP contribution in [-0.4, -0.2) is 39.0 Å². The zero-order valence-corrected chi connectivity index (χ0v) is 19.2. The van der Waals surface area contributed by atoms with Crippen molar-refractivity contribution in [3.05, 3.63) is 84.3 Å². The fourth-order valence-corrected chi connectivity index (χ4v) is 4.00. The van der Waals surface area contributed by atoms with Gasteiger partial charge in [0.2, 0.25) is 5.88 Å². The van der Waals surface area contributed by atoms with Crippen molar-refractivity contribution < 1.29 is 14.2 Å². The van der Waals surface area contributed by atoms with Crippen LogP contribution in [0.3, 0.4) is 0 Å². The van der Waals surface area contributed by atoms with Gasteiger partial charge < -0.3 is 9.84 Å². The lowest BCUT2D eigenvalue weighted by atomic mass is 10.1. The fraction of sp³-hybridized carbons (Fsp3) is 0.370. The third kappa shape index (κ3) is 6.30. The zero-order chi connectivity index (χ0) is 23.2. The number of para-hydroxylation sites is 1. The van der Waals surface area contributed by atoms with Gasteiger partial charge in [0.15, 0.2) is 0 Å². The van der Waals surface area contributed by atoms with E-state index in [0.29, 0.717) is 37.1 Å². The average Bonchev–Trinajstić information content (AvgIpc) is 3.57. The second kappa shape index (κ2) is 10.8. The molecule has 1 aliphatic rings. The zero-order valence-electron chi connectivity index (χ0n) is 19.2. The van der Waals surface area contributed by atoms with Crippen LogP contribution in [0.5, 0.6) is 11.6 Å². The summed E-state index contributed by atoms with van der Waals surface area (Å²) < 4.78 is 21.9. The number of hydrogen-bond acceptors (Lipinski definition) is 4. The highest BCUT2D eigenvalue weighted by Crippen LogP contribution is 2.34. The van der Waals surface area contributed by atoms with Crippen molar-refractivity contribution >= 4 is 0 Å². The van der Waals surface area contributed by atoms with Crippen molar-refractivity contribution in [2.45, 2.75) is 45.3 Å². The number of allylic oxidation sites excluding steroid dienone is 1. The second-order valence-corrected chi connectivity index (χ2v) is 8.83. The molecule has 1 N–H and O–H groups in total. The number of aliphatic hydroxyl groups is 1. The molecular formula is C27H32FN3O2. The first-order valence-corrected chi connectivity index (χ1v) is 11.6. The molecule has 174 valence electrons. The number of halogens is 1. The largest absolute Gasteiger partial charge is 0.438 e. The van der Waals surface area contributed by atoms with Crippen molar-refractivity contribution in [1.29, 1.82) is 0 Å². The Labute approximate surface area is 195 Å². The molecule has 1 fully saturated rings. The van der Waals surface area contributed by atoms with Gasteiger partial charge in [-0.15, -0.1) is 6.58 Å². The summed E-state index contributed by atoms with van der Waals surface area (Å²) >= 11 is 0. The van der Waals surface area contributed by atoms with Gasteiger partial charge in [-0.1, -0.05) is 30.3 Å². The highest BCUT2D eigenvalue weighted by Gasteiger charge is 2.28. The number of rotatable bonds is 12. The first-order chi connectivity index (χ1) is 16.0. The molecule has 1 atom stereocenters. The van der Waals surface area contributed by atoms with Crippen LogP contribution in [0.15, 0.2) is 67.3 Å². The predicted molar refractivity (Wildman–Crippen MR) is 128 cm³/mol. The first-order valence-electron chi connectivity index (χ1n) is 11.6. The van der Waals surface area contributed by atoms with E-state index in [2.05, 4.69) is 11.5 Å². The standard InChI is InChI=1S/C27H32FN3O2/c1-3-4-12-24(32)18-30(17-21-14-15-21)19-26-20(2)29-31(23-10-6-5-7-11-23)27(26)33-25-13-8-9-22(28)16-25/h3,5-11,13,16,21,24,32H,1,4,12,14-15,17-19H2,2H3/t24-/m0/s1. The summed E-state index contributed by atoms with van der Waals surface area (Å²) in [5.74, 6) is 1.32. The summed E-state index contributed by atoms with van der Waals surface area (Å²) in [6, 6.07) is 15.9. The van der Waals surface area contributed by atoms with Crippen molar-refractivity contribution in [2.24, 2.45) is 5.92 Å². The summed E-state index contributed by atoms with van der Waals surface area (Å²) in [4.78, 5) is 2.29. The SMILES string of the molecule is C=CCC[C@H](O)CN(Cc1c(C)nn(-c2ccccc2)c1Oc1cccc(F)c1)CC1CC1.